The monoisotopic (exact) mass is 535 g/mol. The van der Waals surface area contributed by atoms with Crippen LogP contribution in [0.25, 0.3) is 5.57 Å². The van der Waals surface area contributed by atoms with Crippen molar-refractivity contribution in [2.24, 2.45) is 5.92 Å². The van der Waals surface area contributed by atoms with Crippen molar-refractivity contribution in [1.82, 2.24) is 15.2 Å². The molecule has 8 heteroatoms. The lowest BCUT2D eigenvalue weighted by molar-refractivity contribution is -0.123. The van der Waals surface area contributed by atoms with E-state index in [0.29, 0.717) is 36.1 Å². The molecule has 1 aromatic carbocycles. The van der Waals surface area contributed by atoms with E-state index in [2.05, 4.69) is 35.4 Å². The predicted octanol–water partition coefficient (Wildman–Crippen LogP) is 4.64. The van der Waals surface area contributed by atoms with Gasteiger partial charge < -0.3 is 29.4 Å². The Morgan fingerprint density at radius 2 is 1.82 bits per heavy atom. The number of aryl methyl sites for hydroxylation is 2. The van der Waals surface area contributed by atoms with Crippen LogP contribution in [0.2, 0.25) is 0 Å². The van der Waals surface area contributed by atoms with Gasteiger partial charge in [0.25, 0.3) is 17.3 Å². The molecular formula is C31H41N3O5. The van der Waals surface area contributed by atoms with Crippen molar-refractivity contribution in [2.45, 2.75) is 78.2 Å². The van der Waals surface area contributed by atoms with Gasteiger partial charge in [0.2, 0.25) is 0 Å². The summed E-state index contributed by atoms with van der Waals surface area (Å²) >= 11 is 0. The molecule has 1 aromatic heterocycles. The number of carbonyl (C=O) groups is 1. The zero-order valence-electron chi connectivity index (χ0n) is 24.0. The summed E-state index contributed by atoms with van der Waals surface area (Å²) in [6, 6.07) is 4.42. The first kappa shape index (κ1) is 27.5. The molecule has 0 bridgehead atoms. The second-order valence-electron chi connectivity index (χ2n) is 11.6. The first-order chi connectivity index (χ1) is 18.6. The molecule has 0 saturated heterocycles. The van der Waals surface area contributed by atoms with Crippen molar-refractivity contribution < 1.29 is 19.0 Å². The number of rotatable bonds is 6. The van der Waals surface area contributed by atoms with E-state index in [1.54, 1.807) is 0 Å². The average Bonchev–Trinajstić information content (AvgIpc) is 3.28. The lowest BCUT2D eigenvalue weighted by Crippen LogP contribution is -2.46. The Morgan fingerprint density at radius 1 is 1.10 bits per heavy atom. The maximum Gasteiger partial charge on any atom is 0.253 e. The fraction of sp³-hybridized carbons (Fsp3) is 0.548. The molecular weight excluding hydrogens is 494 g/mol. The molecule has 8 nitrogen and oxygen atoms in total. The number of nitrogens with zero attached hydrogens (tertiary/aromatic N) is 1. The molecule has 2 N–H and O–H groups in total. The number of ether oxygens (including phenoxy) is 3. The number of benzene rings is 1. The predicted molar refractivity (Wildman–Crippen MR) is 151 cm³/mol. The number of aromatic amines is 1. The zero-order chi connectivity index (χ0) is 27.9. The Hall–Kier alpha value is -3.10. The zero-order valence-corrected chi connectivity index (χ0v) is 24.0. The van der Waals surface area contributed by atoms with Gasteiger partial charge in [0.15, 0.2) is 11.5 Å². The van der Waals surface area contributed by atoms with Gasteiger partial charge in [-0.3, -0.25) is 9.59 Å². The molecule has 1 fully saturated rings. The third-order valence-corrected chi connectivity index (χ3v) is 8.74. The summed E-state index contributed by atoms with van der Waals surface area (Å²) in [7, 11) is 4.29. The Kier molecular flexibility index (Phi) is 7.62. The van der Waals surface area contributed by atoms with Crippen LogP contribution in [0.15, 0.2) is 23.0 Å². The fourth-order valence-corrected chi connectivity index (χ4v) is 6.28. The van der Waals surface area contributed by atoms with Crippen LogP contribution in [-0.4, -0.2) is 54.9 Å². The van der Waals surface area contributed by atoms with Gasteiger partial charge in [0, 0.05) is 53.4 Å². The van der Waals surface area contributed by atoms with Crippen LogP contribution in [0.5, 0.6) is 11.5 Å². The van der Waals surface area contributed by atoms with Crippen LogP contribution in [-0.2, 0) is 11.3 Å². The van der Waals surface area contributed by atoms with Gasteiger partial charge in [0.05, 0.1) is 13.2 Å². The fourth-order valence-electron chi connectivity index (χ4n) is 6.28. The first-order valence-corrected chi connectivity index (χ1v) is 14.0. The topological polar surface area (TPSA) is 92.9 Å². The van der Waals surface area contributed by atoms with Gasteiger partial charge in [-0.25, -0.2) is 0 Å². The molecule has 1 unspecified atom stereocenters. The molecule has 0 radical (unpaired) electrons. The molecule has 5 rings (SSSR count). The van der Waals surface area contributed by atoms with Crippen LogP contribution in [0.3, 0.4) is 0 Å². The molecule has 1 atom stereocenters. The minimum absolute atomic E-state index is 0.146. The molecule has 1 aliphatic carbocycles. The van der Waals surface area contributed by atoms with E-state index in [1.165, 1.54) is 0 Å². The summed E-state index contributed by atoms with van der Waals surface area (Å²) in [5.41, 5.74) is 5.29. The van der Waals surface area contributed by atoms with Gasteiger partial charge >= 0.3 is 0 Å². The van der Waals surface area contributed by atoms with Crippen molar-refractivity contribution in [3.05, 3.63) is 62.1 Å². The number of aromatic nitrogens is 1. The molecule has 210 valence electrons. The summed E-state index contributed by atoms with van der Waals surface area (Å²) in [4.78, 5) is 31.2. The highest BCUT2D eigenvalue weighted by Gasteiger charge is 2.47. The van der Waals surface area contributed by atoms with E-state index in [9.17, 15) is 9.59 Å². The number of amides is 1. The standard InChI is InChI=1S/C31H41N3O5/c1-18-15-19(2)33-30(36)26(18)17-32-29(35)24-16-25(21-11-13-37-14-12-21)28-27(20(24)3)38-31(4,39-28)22-7-9-23(10-8-22)34(5)6/h11,15-16,22-23H,7-10,12-14,17H2,1-6H3,(H,32,35)(H,33,36). The van der Waals surface area contributed by atoms with Crippen molar-refractivity contribution in [3.8, 4) is 11.5 Å². The number of hydrogen-bond donors (Lipinski definition) is 2. The highest BCUT2D eigenvalue weighted by atomic mass is 16.7. The van der Waals surface area contributed by atoms with E-state index >= 15 is 0 Å². The number of fused-ring (bicyclic) bond motifs is 1. The van der Waals surface area contributed by atoms with Crippen LogP contribution < -0.4 is 20.3 Å². The normalized spacial score (nSPS) is 24.5. The molecule has 1 saturated carbocycles. The second-order valence-corrected chi connectivity index (χ2v) is 11.6. The number of nitrogens with one attached hydrogen (secondary N) is 2. The Balaban J connectivity index is 1.45. The average molecular weight is 536 g/mol. The molecule has 3 aliphatic rings. The quantitative estimate of drug-likeness (QED) is 0.560. The Morgan fingerprint density at radius 3 is 2.46 bits per heavy atom. The van der Waals surface area contributed by atoms with E-state index in [4.69, 9.17) is 14.2 Å². The summed E-state index contributed by atoms with van der Waals surface area (Å²) in [6.07, 6.45) is 7.06. The SMILES string of the molecule is Cc1cc(C)c(CNC(=O)c2cc(C3=CCOCC3)c3c(c2C)OC(C)(C2CCC(N(C)C)CC2)O3)c(=O)[nH]1. The first-order valence-electron chi connectivity index (χ1n) is 14.0. The van der Waals surface area contributed by atoms with Gasteiger partial charge in [0.1, 0.15) is 0 Å². The van der Waals surface area contributed by atoms with Gasteiger partial charge in [-0.05, 0) is 90.2 Å². The van der Waals surface area contributed by atoms with Crippen LogP contribution in [0.4, 0.5) is 0 Å². The third kappa shape index (κ3) is 5.37. The molecule has 3 heterocycles. The maximum atomic E-state index is 13.6. The van der Waals surface area contributed by atoms with Gasteiger partial charge in [-0.1, -0.05) is 6.08 Å². The van der Waals surface area contributed by atoms with Gasteiger partial charge in [-0.15, -0.1) is 0 Å². The van der Waals surface area contributed by atoms with Crippen LogP contribution >= 0.6 is 0 Å². The number of hydrogen-bond acceptors (Lipinski definition) is 6. The largest absolute Gasteiger partial charge is 0.448 e. The highest BCUT2D eigenvalue weighted by Crippen LogP contribution is 2.52. The Bertz CT molecular complexity index is 1350. The Labute approximate surface area is 230 Å². The lowest BCUT2D eigenvalue weighted by atomic mass is 9.81. The molecule has 0 spiro atoms. The van der Waals surface area contributed by atoms with Crippen molar-refractivity contribution in [3.63, 3.8) is 0 Å². The molecule has 2 aliphatic heterocycles. The summed E-state index contributed by atoms with van der Waals surface area (Å²) in [6.45, 7) is 8.99. The summed E-state index contributed by atoms with van der Waals surface area (Å²) in [5.74, 6) is 0.594. The van der Waals surface area contributed by atoms with Crippen LogP contribution in [0.1, 0.15) is 77.3 Å². The summed E-state index contributed by atoms with van der Waals surface area (Å²) in [5, 5.41) is 2.97. The van der Waals surface area contributed by atoms with E-state index in [0.717, 1.165) is 65.8 Å². The molecule has 39 heavy (non-hydrogen) atoms. The lowest BCUT2D eigenvalue weighted by Gasteiger charge is -2.39. The number of carbonyl (C=O) groups excluding carboxylic acids is 1. The van der Waals surface area contributed by atoms with Crippen molar-refractivity contribution in [1.29, 1.82) is 0 Å². The van der Waals surface area contributed by atoms with E-state index in [1.807, 2.05) is 39.8 Å². The number of H-pyrrole nitrogens is 1. The van der Waals surface area contributed by atoms with Crippen molar-refractivity contribution >= 4 is 11.5 Å². The minimum Gasteiger partial charge on any atom is -0.448 e. The van der Waals surface area contributed by atoms with E-state index in [-0.39, 0.29) is 23.9 Å². The smallest absolute Gasteiger partial charge is 0.253 e. The third-order valence-electron chi connectivity index (χ3n) is 8.74. The molecule has 1 amide bonds. The highest BCUT2D eigenvalue weighted by molar-refractivity contribution is 5.98. The second kappa shape index (κ2) is 10.8. The maximum absolute atomic E-state index is 13.6. The minimum atomic E-state index is -0.785. The van der Waals surface area contributed by atoms with Gasteiger partial charge in [-0.2, -0.15) is 0 Å². The number of pyridine rings is 1. The molecule has 2 aromatic rings. The van der Waals surface area contributed by atoms with Crippen LogP contribution in [0, 0.1) is 26.7 Å². The van der Waals surface area contributed by atoms with E-state index < -0.39 is 5.79 Å². The summed E-state index contributed by atoms with van der Waals surface area (Å²) < 4.78 is 18.9. The van der Waals surface area contributed by atoms with Crippen molar-refractivity contribution in [2.75, 3.05) is 27.3 Å².